The molecule has 0 saturated carbocycles. The van der Waals surface area contributed by atoms with Gasteiger partial charge in [-0.1, -0.05) is 6.92 Å². The van der Waals surface area contributed by atoms with E-state index in [9.17, 15) is 35.5 Å². The third-order valence-corrected chi connectivity index (χ3v) is 6.87. The number of thiophene rings is 1. The van der Waals surface area contributed by atoms with E-state index in [0.717, 1.165) is 21.7 Å². The lowest BCUT2D eigenvalue weighted by molar-refractivity contribution is -0.142. The van der Waals surface area contributed by atoms with Crippen molar-refractivity contribution in [1.29, 1.82) is 0 Å². The first kappa shape index (κ1) is 26.3. The molecule has 4 heterocycles. The van der Waals surface area contributed by atoms with Crippen LogP contribution in [0.3, 0.4) is 0 Å². The summed E-state index contributed by atoms with van der Waals surface area (Å²) in [5.74, 6) is -7.47. The first-order valence-electron chi connectivity index (χ1n) is 11.2. The number of carbonyl (C=O) groups excluding carboxylic acids is 1. The maximum atomic E-state index is 14.0. The molecule has 15 heteroatoms. The number of aryl methyl sites for hydroxylation is 1. The molecule has 0 bridgehead atoms. The molecule has 0 saturated heterocycles. The Morgan fingerprint density at radius 3 is 2.36 bits per heavy atom. The molecule has 0 aliphatic rings. The summed E-state index contributed by atoms with van der Waals surface area (Å²) < 4.78 is 97.7. The number of hydrogen-bond donors (Lipinski definition) is 1. The second kappa shape index (κ2) is 9.80. The Morgan fingerprint density at radius 2 is 1.72 bits per heavy atom. The topological polar surface area (TPSA) is 77.1 Å². The summed E-state index contributed by atoms with van der Waals surface area (Å²) in [7, 11) is 0. The number of hydrogen-bond acceptors (Lipinski definition) is 5. The zero-order valence-corrected chi connectivity index (χ0v) is 20.5. The summed E-state index contributed by atoms with van der Waals surface area (Å²) in [6, 6.07) is 6.66. The van der Waals surface area contributed by atoms with Crippen LogP contribution in [0.2, 0.25) is 0 Å². The Bertz CT molecular complexity index is 1700. The summed E-state index contributed by atoms with van der Waals surface area (Å²) in [5.41, 5.74) is -2.63. The van der Waals surface area contributed by atoms with Gasteiger partial charge in [0.25, 0.3) is 5.91 Å². The standard InChI is InChI=1S/C24H15F7N6OS/c1-2-11-3-4-17(39-11)15-8-18(24(29,30)31)37-20(32-15)9-16(34-37)23(38)33-19-5-6-36(35-19)10-12-21(27)13(25)7-14(26)22(12)28/h3-9H,2,10H2,1H3,(H,33,35,38). The first-order chi connectivity index (χ1) is 18.4. The minimum Gasteiger partial charge on any atom is -0.304 e. The van der Waals surface area contributed by atoms with Crippen LogP contribution < -0.4 is 5.32 Å². The zero-order chi connectivity index (χ0) is 28.1. The van der Waals surface area contributed by atoms with Crippen LogP contribution in [-0.4, -0.2) is 30.3 Å². The monoisotopic (exact) mass is 568 g/mol. The number of anilines is 1. The third-order valence-electron chi connectivity index (χ3n) is 5.62. The molecular weight excluding hydrogens is 553 g/mol. The maximum Gasteiger partial charge on any atom is 0.433 e. The average Bonchev–Trinajstić information content (AvgIpc) is 3.63. The van der Waals surface area contributed by atoms with Crippen molar-refractivity contribution in [3.05, 3.63) is 87.7 Å². The molecule has 1 N–H and O–H groups in total. The summed E-state index contributed by atoms with van der Waals surface area (Å²) in [5, 5.41) is 9.93. The predicted octanol–water partition coefficient (Wildman–Crippen LogP) is 6.09. The van der Waals surface area contributed by atoms with E-state index in [4.69, 9.17) is 0 Å². The summed E-state index contributed by atoms with van der Waals surface area (Å²) in [6.45, 7) is 1.21. The number of rotatable bonds is 6. The second-order valence-corrected chi connectivity index (χ2v) is 9.41. The average molecular weight is 568 g/mol. The van der Waals surface area contributed by atoms with E-state index >= 15 is 0 Å². The fourth-order valence-corrected chi connectivity index (χ4v) is 4.65. The van der Waals surface area contributed by atoms with E-state index in [2.05, 4.69) is 20.5 Å². The highest BCUT2D eigenvalue weighted by atomic mass is 32.1. The molecule has 7 nitrogen and oxygen atoms in total. The number of nitrogens with one attached hydrogen (secondary N) is 1. The van der Waals surface area contributed by atoms with E-state index in [1.54, 1.807) is 12.1 Å². The van der Waals surface area contributed by atoms with Crippen molar-refractivity contribution in [2.24, 2.45) is 0 Å². The molecular formula is C24H15F7N6OS. The van der Waals surface area contributed by atoms with Crippen LogP contribution in [-0.2, 0) is 19.1 Å². The minimum atomic E-state index is -4.81. The smallest absolute Gasteiger partial charge is 0.304 e. The van der Waals surface area contributed by atoms with Gasteiger partial charge in [-0.05, 0) is 24.6 Å². The van der Waals surface area contributed by atoms with Crippen LogP contribution in [0.4, 0.5) is 36.6 Å². The van der Waals surface area contributed by atoms with Gasteiger partial charge in [0.2, 0.25) is 0 Å². The Balaban J connectivity index is 1.42. The molecule has 0 radical (unpaired) electrons. The molecule has 5 rings (SSSR count). The number of aromatic nitrogens is 5. The minimum absolute atomic E-state index is 0.0679. The fraction of sp³-hybridized carbons (Fsp3) is 0.167. The lowest BCUT2D eigenvalue weighted by Gasteiger charge is -2.10. The number of fused-ring (bicyclic) bond motifs is 1. The molecule has 1 aromatic carbocycles. The van der Waals surface area contributed by atoms with Crippen LogP contribution in [0.25, 0.3) is 16.2 Å². The molecule has 0 aliphatic heterocycles. The van der Waals surface area contributed by atoms with E-state index in [1.165, 1.54) is 23.6 Å². The number of amides is 1. The molecule has 4 aromatic heterocycles. The largest absolute Gasteiger partial charge is 0.433 e. The molecule has 0 aliphatic carbocycles. The van der Waals surface area contributed by atoms with Crippen LogP contribution in [0, 0.1) is 23.3 Å². The van der Waals surface area contributed by atoms with Crippen LogP contribution >= 0.6 is 11.3 Å². The van der Waals surface area contributed by atoms with Gasteiger partial charge in [0.15, 0.2) is 46.1 Å². The summed E-state index contributed by atoms with van der Waals surface area (Å²) in [6.07, 6.45) is -2.93. The highest BCUT2D eigenvalue weighted by molar-refractivity contribution is 7.15. The molecule has 0 atom stereocenters. The zero-order valence-electron chi connectivity index (χ0n) is 19.7. The number of carbonyl (C=O) groups is 1. The van der Waals surface area contributed by atoms with E-state index in [1.807, 2.05) is 6.92 Å². The molecule has 0 unspecified atom stereocenters. The van der Waals surface area contributed by atoms with Crippen LogP contribution in [0.5, 0.6) is 0 Å². The number of nitrogens with zero attached hydrogens (tertiary/aromatic N) is 5. The van der Waals surface area contributed by atoms with Gasteiger partial charge in [0.05, 0.1) is 22.7 Å². The predicted molar refractivity (Wildman–Crippen MR) is 126 cm³/mol. The van der Waals surface area contributed by atoms with Crippen molar-refractivity contribution < 1.29 is 35.5 Å². The molecule has 1 amide bonds. The highest BCUT2D eigenvalue weighted by Gasteiger charge is 2.36. The van der Waals surface area contributed by atoms with Gasteiger partial charge in [0.1, 0.15) is 0 Å². The Kier molecular flexibility index (Phi) is 6.62. The number of halogens is 7. The Hall–Kier alpha value is -4.27. The maximum absolute atomic E-state index is 14.0. The quantitative estimate of drug-likeness (QED) is 0.199. The summed E-state index contributed by atoms with van der Waals surface area (Å²) >= 11 is 1.30. The van der Waals surface area contributed by atoms with Crippen molar-refractivity contribution in [2.75, 3.05) is 5.32 Å². The van der Waals surface area contributed by atoms with Crippen molar-refractivity contribution in [1.82, 2.24) is 24.4 Å². The molecule has 0 spiro atoms. The van der Waals surface area contributed by atoms with Gasteiger partial charge in [-0.15, -0.1) is 11.3 Å². The van der Waals surface area contributed by atoms with Gasteiger partial charge in [-0.25, -0.2) is 27.1 Å². The van der Waals surface area contributed by atoms with Gasteiger partial charge in [-0.2, -0.15) is 23.4 Å². The van der Waals surface area contributed by atoms with Crippen molar-refractivity contribution >= 4 is 28.7 Å². The van der Waals surface area contributed by atoms with E-state index in [0.29, 0.717) is 15.8 Å². The van der Waals surface area contributed by atoms with Gasteiger partial charge in [-0.3, -0.25) is 9.48 Å². The van der Waals surface area contributed by atoms with Crippen LogP contribution in [0.1, 0.15) is 33.5 Å². The third kappa shape index (κ3) is 5.08. The van der Waals surface area contributed by atoms with Crippen molar-refractivity contribution in [2.45, 2.75) is 26.1 Å². The van der Waals surface area contributed by atoms with Gasteiger partial charge in [0, 0.05) is 29.3 Å². The van der Waals surface area contributed by atoms with E-state index in [-0.39, 0.29) is 23.2 Å². The lowest BCUT2D eigenvalue weighted by atomic mass is 10.2. The first-order valence-corrected chi connectivity index (χ1v) is 12.0. The normalized spacial score (nSPS) is 11.9. The van der Waals surface area contributed by atoms with Crippen molar-refractivity contribution in [3.8, 4) is 10.6 Å². The SMILES string of the molecule is CCc1ccc(-c2cc(C(F)(F)F)n3nc(C(=O)Nc4ccn(Cc5c(F)c(F)cc(F)c5F)n4)cc3n2)s1. The van der Waals surface area contributed by atoms with Crippen LogP contribution in [0.15, 0.2) is 42.6 Å². The number of alkyl halides is 3. The fourth-order valence-electron chi connectivity index (χ4n) is 3.74. The lowest BCUT2D eigenvalue weighted by Crippen LogP contribution is -2.16. The van der Waals surface area contributed by atoms with Gasteiger partial charge < -0.3 is 5.32 Å². The Morgan fingerprint density at radius 1 is 1.00 bits per heavy atom. The second-order valence-electron chi connectivity index (χ2n) is 8.24. The van der Waals surface area contributed by atoms with Crippen molar-refractivity contribution in [3.63, 3.8) is 0 Å². The highest BCUT2D eigenvalue weighted by Crippen LogP contribution is 2.34. The van der Waals surface area contributed by atoms with E-state index < -0.39 is 58.8 Å². The molecule has 39 heavy (non-hydrogen) atoms. The van der Waals surface area contributed by atoms with Gasteiger partial charge >= 0.3 is 6.18 Å². The summed E-state index contributed by atoms with van der Waals surface area (Å²) in [4.78, 5) is 18.5. The molecule has 0 fully saturated rings. The Labute approximate surface area is 218 Å². The number of benzene rings is 1. The molecule has 5 aromatic rings. The molecule has 202 valence electrons.